The number of anilines is 2. The quantitative estimate of drug-likeness (QED) is 0.638. The van der Waals surface area contributed by atoms with Crippen LogP contribution in [0.5, 0.6) is 0 Å². The number of thiazole rings is 1. The van der Waals surface area contributed by atoms with E-state index in [-0.39, 0.29) is 6.03 Å². The molecule has 0 atom stereocenters. The van der Waals surface area contributed by atoms with Gasteiger partial charge in [0, 0.05) is 23.7 Å². The first-order chi connectivity index (χ1) is 13.4. The Hall–Kier alpha value is -2.70. The Kier molecular flexibility index (Phi) is 6.44. The molecule has 146 valence electrons. The van der Waals surface area contributed by atoms with Crippen LogP contribution >= 0.6 is 11.3 Å². The number of hydrogen-bond donors (Lipinski definition) is 1. The Bertz CT molecular complexity index is 900. The standard InChI is InChI=1S/C22H26N4OS/c1-16-17(2)28-22(23-16)26(15-14-25(3)4)21(27)24-20-12-10-19(11-13-20)18-8-6-5-7-9-18/h5-13H,14-15H2,1-4H3,(H,24,27). The van der Waals surface area contributed by atoms with Gasteiger partial charge in [0.05, 0.1) is 5.69 Å². The smallest absolute Gasteiger partial charge is 0.308 e. The summed E-state index contributed by atoms with van der Waals surface area (Å²) in [5.74, 6) is 0. The van der Waals surface area contributed by atoms with E-state index in [2.05, 4.69) is 27.3 Å². The monoisotopic (exact) mass is 394 g/mol. The van der Waals surface area contributed by atoms with Gasteiger partial charge in [-0.2, -0.15) is 0 Å². The number of aromatic nitrogens is 1. The van der Waals surface area contributed by atoms with E-state index in [0.717, 1.165) is 39.1 Å². The molecule has 0 radical (unpaired) electrons. The van der Waals surface area contributed by atoms with Gasteiger partial charge < -0.3 is 10.2 Å². The first-order valence-corrected chi connectivity index (χ1v) is 10.1. The van der Waals surface area contributed by atoms with Crippen LogP contribution in [0.2, 0.25) is 0 Å². The van der Waals surface area contributed by atoms with Gasteiger partial charge in [-0.1, -0.05) is 42.5 Å². The molecule has 3 rings (SSSR count). The number of rotatable bonds is 6. The molecule has 1 heterocycles. The highest BCUT2D eigenvalue weighted by Gasteiger charge is 2.20. The van der Waals surface area contributed by atoms with Crippen molar-refractivity contribution in [2.24, 2.45) is 0 Å². The zero-order valence-electron chi connectivity index (χ0n) is 16.8. The maximum absolute atomic E-state index is 13.0. The zero-order chi connectivity index (χ0) is 20.1. The van der Waals surface area contributed by atoms with Crippen molar-refractivity contribution < 1.29 is 4.79 Å². The molecule has 2 amide bonds. The Morgan fingerprint density at radius 1 is 0.964 bits per heavy atom. The highest BCUT2D eigenvalue weighted by atomic mass is 32.1. The van der Waals surface area contributed by atoms with Crippen LogP contribution in [0.1, 0.15) is 10.6 Å². The van der Waals surface area contributed by atoms with E-state index in [1.54, 1.807) is 16.2 Å². The molecule has 0 aliphatic carbocycles. The van der Waals surface area contributed by atoms with Crippen molar-refractivity contribution in [2.45, 2.75) is 13.8 Å². The van der Waals surface area contributed by atoms with E-state index in [9.17, 15) is 4.79 Å². The summed E-state index contributed by atoms with van der Waals surface area (Å²) in [4.78, 5) is 22.4. The third-order valence-corrected chi connectivity index (χ3v) is 5.60. The summed E-state index contributed by atoms with van der Waals surface area (Å²) in [6.07, 6.45) is 0. The van der Waals surface area contributed by atoms with Crippen molar-refractivity contribution in [3.05, 3.63) is 65.2 Å². The number of likely N-dealkylation sites (N-methyl/N-ethyl adjacent to an activating group) is 1. The van der Waals surface area contributed by atoms with Gasteiger partial charge in [-0.15, -0.1) is 11.3 Å². The van der Waals surface area contributed by atoms with Gasteiger partial charge in [0.1, 0.15) is 0 Å². The zero-order valence-corrected chi connectivity index (χ0v) is 17.6. The molecular formula is C22H26N4OS. The lowest BCUT2D eigenvalue weighted by atomic mass is 10.1. The van der Waals surface area contributed by atoms with Gasteiger partial charge in [-0.05, 0) is 51.2 Å². The SMILES string of the molecule is Cc1nc(N(CCN(C)C)C(=O)Nc2ccc(-c3ccccc3)cc2)sc1C. The van der Waals surface area contributed by atoms with Crippen LogP contribution in [0.15, 0.2) is 54.6 Å². The normalized spacial score (nSPS) is 10.9. The van der Waals surface area contributed by atoms with Gasteiger partial charge in [0.25, 0.3) is 0 Å². The lowest BCUT2D eigenvalue weighted by Crippen LogP contribution is -2.39. The summed E-state index contributed by atoms with van der Waals surface area (Å²) in [5, 5.41) is 3.74. The minimum Gasteiger partial charge on any atom is -0.308 e. The Balaban J connectivity index is 1.75. The molecule has 0 spiro atoms. The van der Waals surface area contributed by atoms with Crippen LogP contribution in [-0.2, 0) is 0 Å². The fourth-order valence-corrected chi connectivity index (χ4v) is 3.66. The van der Waals surface area contributed by atoms with E-state index < -0.39 is 0 Å². The Morgan fingerprint density at radius 3 is 2.18 bits per heavy atom. The van der Waals surface area contributed by atoms with E-state index in [4.69, 9.17) is 0 Å². The molecule has 0 saturated carbocycles. The van der Waals surface area contributed by atoms with Crippen LogP contribution in [0.3, 0.4) is 0 Å². The predicted molar refractivity (Wildman–Crippen MR) is 118 cm³/mol. The number of urea groups is 1. The number of amides is 2. The lowest BCUT2D eigenvalue weighted by molar-refractivity contribution is 0.256. The molecule has 0 bridgehead atoms. The third-order valence-electron chi connectivity index (χ3n) is 4.51. The van der Waals surface area contributed by atoms with E-state index in [0.29, 0.717) is 6.54 Å². The number of nitrogens with one attached hydrogen (secondary N) is 1. The second-order valence-corrected chi connectivity index (χ2v) is 8.15. The van der Waals surface area contributed by atoms with E-state index >= 15 is 0 Å². The van der Waals surface area contributed by atoms with Gasteiger partial charge in [0.2, 0.25) is 0 Å². The van der Waals surface area contributed by atoms with Crippen LogP contribution < -0.4 is 10.2 Å². The first-order valence-electron chi connectivity index (χ1n) is 9.27. The minimum atomic E-state index is -0.164. The summed E-state index contributed by atoms with van der Waals surface area (Å²) in [7, 11) is 3.99. The van der Waals surface area contributed by atoms with Crippen molar-refractivity contribution in [3.63, 3.8) is 0 Å². The fourth-order valence-electron chi connectivity index (χ4n) is 2.72. The number of nitrogens with zero attached hydrogens (tertiary/aromatic N) is 3. The molecule has 1 aromatic heterocycles. The highest BCUT2D eigenvalue weighted by Crippen LogP contribution is 2.26. The molecule has 0 saturated heterocycles. The first kappa shape index (κ1) is 20.0. The molecule has 0 unspecified atom stereocenters. The minimum absolute atomic E-state index is 0.164. The second kappa shape index (κ2) is 8.99. The van der Waals surface area contributed by atoms with Gasteiger partial charge in [-0.3, -0.25) is 4.90 Å². The average molecular weight is 395 g/mol. The van der Waals surface area contributed by atoms with Crippen LogP contribution in [0.4, 0.5) is 15.6 Å². The molecule has 2 aromatic carbocycles. The summed E-state index contributed by atoms with van der Waals surface area (Å²) >= 11 is 1.55. The van der Waals surface area contributed by atoms with Crippen molar-refractivity contribution in [2.75, 3.05) is 37.4 Å². The van der Waals surface area contributed by atoms with Crippen molar-refractivity contribution >= 4 is 28.2 Å². The molecular weight excluding hydrogens is 368 g/mol. The van der Waals surface area contributed by atoms with Crippen LogP contribution in [0.25, 0.3) is 11.1 Å². The number of hydrogen-bond acceptors (Lipinski definition) is 4. The molecule has 6 heteroatoms. The third kappa shape index (κ3) is 4.97. The van der Waals surface area contributed by atoms with Gasteiger partial charge in [-0.25, -0.2) is 9.78 Å². The highest BCUT2D eigenvalue weighted by molar-refractivity contribution is 7.15. The molecule has 1 N–H and O–H groups in total. The van der Waals surface area contributed by atoms with Gasteiger partial charge >= 0.3 is 6.03 Å². The maximum Gasteiger partial charge on any atom is 0.328 e. The molecule has 28 heavy (non-hydrogen) atoms. The number of carbonyl (C=O) groups is 1. The molecule has 0 aliphatic heterocycles. The molecule has 5 nitrogen and oxygen atoms in total. The lowest BCUT2D eigenvalue weighted by Gasteiger charge is -2.22. The van der Waals surface area contributed by atoms with E-state index in [1.165, 1.54) is 0 Å². The van der Waals surface area contributed by atoms with E-state index in [1.807, 2.05) is 70.4 Å². The van der Waals surface area contributed by atoms with Crippen LogP contribution in [0, 0.1) is 13.8 Å². The second-order valence-electron chi connectivity index (χ2n) is 6.97. The number of benzene rings is 2. The average Bonchev–Trinajstić information content (AvgIpc) is 3.01. The number of carbonyl (C=O) groups excluding carboxylic acids is 1. The summed E-state index contributed by atoms with van der Waals surface area (Å²) in [6, 6.07) is 17.9. The van der Waals surface area contributed by atoms with Crippen molar-refractivity contribution in [3.8, 4) is 11.1 Å². The summed E-state index contributed by atoms with van der Waals surface area (Å²) in [6.45, 7) is 5.34. The summed E-state index contributed by atoms with van der Waals surface area (Å²) < 4.78 is 0. The largest absolute Gasteiger partial charge is 0.328 e. The molecule has 3 aromatic rings. The molecule has 0 aliphatic rings. The Labute approximate surface area is 170 Å². The maximum atomic E-state index is 13.0. The Morgan fingerprint density at radius 2 is 1.61 bits per heavy atom. The predicted octanol–water partition coefficient (Wildman–Crippen LogP) is 5.03. The van der Waals surface area contributed by atoms with Crippen molar-refractivity contribution in [1.29, 1.82) is 0 Å². The fraction of sp³-hybridized carbons (Fsp3) is 0.273. The van der Waals surface area contributed by atoms with Crippen LogP contribution in [-0.4, -0.2) is 43.1 Å². The van der Waals surface area contributed by atoms with Gasteiger partial charge in [0.15, 0.2) is 5.13 Å². The summed E-state index contributed by atoms with van der Waals surface area (Å²) in [5.41, 5.74) is 4.01. The number of aryl methyl sites for hydroxylation is 2. The molecule has 0 fully saturated rings. The van der Waals surface area contributed by atoms with Crippen molar-refractivity contribution in [1.82, 2.24) is 9.88 Å². The topological polar surface area (TPSA) is 48.5 Å².